The van der Waals surface area contributed by atoms with Crippen molar-refractivity contribution >= 4 is 11.8 Å². The Morgan fingerprint density at radius 1 is 1.25 bits per heavy atom. The second-order valence-corrected chi connectivity index (χ2v) is 4.55. The molecular formula is C12H22N2O2. The first-order chi connectivity index (χ1) is 7.65. The van der Waals surface area contributed by atoms with Gasteiger partial charge in [-0.25, -0.2) is 0 Å². The van der Waals surface area contributed by atoms with Crippen molar-refractivity contribution in [3.63, 3.8) is 0 Å². The summed E-state index contributed by atoms with van der Waals surface area (Å²) in [6.07, 6.45) is 3.98. The zero-order valence-electron chi connectivity index (χ0n) is 10.2. The van der Waals surface area contributed by atoms with E-state index in [1.807, 2.05) is 6.92 Å². The molecule has 4 heteroatoms. The summed E-state index contributed by atoms with van der Waals surface area (Å²) in [5.74, 6) is 0.539. The number of carbonyl (C=O) groups is 2. The van der Waals surface area contributed by atoms with E-state index in [1.54, 1.807) is 0 Å². The van der Waals surface area contributed by atoms with Crippen LogP contribution in [0.2, 0.25) is 0 Å². The highest BCUT2D eigenvalue weighted by Crippen LogP contribution is 2.28. The lowest BCUT2D eigenvalue weighted by atomic mass is 10.1. The van der Waals surface area contributed by atoms with E-state index in [9.17, 15) is 9.59 Å². The van der Waals surface area contributed by atoms with Crippen LogP contribution in [0, 0.1) is 11.8 Å². The van der Waals surface area contributed by atoms with Gasteiger partial charge in [0.2, 0.25) is 11.8 Å². The maximum atomic E-state index is 11.5. The fraction of sp³-hybridized carbons (Fsp3) is 0.833. The molecule has 0 aromatic heterocycles. The summed E-state index contributed by atoms with van der Waals surface area (Å²) in [5, 5.41) is 5.65. The van der Waals surface area contributed by atoms with Crippen molar-refractivity contribution in [2.45, 2.75) is 39.5 Å². The lowest BCUT2D eigenvalue weighted by Gasteiger charge is -2.11. The highest BCUT2D eigenvalue weighted by atomic mass is 16.2. The quantitative estimate of drug-likeness (QED) is 0.638. The standard InChI is InChI=1S/C12H22N2O2/c1-3-4-9(2)11(15)13-7-8-14-12(16)10-5-6-10/h9-10H,3-8H2,1-2H3,(H,13,15)(H,14,16)/t9-/m1/s1. The minimum atomic E-state index is 0.0733. The highest BCUT2D eigenvalue weighted by molar-refractivity contribution is 5.81. The van der Waals surface area contributed by atoms with Gasteiger partial charge < -0.3 is 10.6 Å². The number of nitrogens with one attached hydrogen (secondary N) is 2. The Balaban J connectivity index is 2.01. The van der Waals surface area contributed by atoms with Crippen molar-refractivity contribution in [2.24, 2.45) is 11.8 Å². The van der Waals surface area contributed by atoms with Crippen LogP contribution < -0.4 is 10.6 Å². The molecule has 92 valence electrons. The molecule has 4 nitrogen and oxygen atoms in total. The topological polar surface area (TPSA) is 58.2 Å². The first-order valence-corrected chi connectivity index (χ1v) is 6.20. The SMILES string of the molecule is CCC[C@@H](C)C(=O)NCCNC(=O)C1CC1. The summed E-state index contributed by atoms with van der Waals surface area (Å²) in [5.41, 5.74) is 0. The van der Waals surface area contributed by atoms with E-state index < -0.39 is 0 Å². The molecule has 1 saturated carbocycles. The van der Waals surface area contributed by atoms with E-state index >= 15 is 0 Å². The van der Waals surface area contributed by atoms with Crippen LogP contribution >= 0.6 is 0 Å². The zero-order chi connectivity index (χ0) is 12.0. The third-order valence-corrected chi connectivity index (χ3v) is 2.84. The van der Waals surface area contributed by atoms with Crippen LogP contribution in [0.4, 0.5) is 0 Å². The van der Waals surface area contributed by atoms with Crippen LogP contribution in [-0.4, -0.2) is 24.9 Å². The van der Waals surface area contributed by atoms with E-state index in [4.69, 9.17) is 0 Å². The molecule has 0 aliphatic heterocycles. The number of rotatable bonds is 7. The molecule has 0 bridgehead atoms. The van der Waals surface area contributed by atoms with Crippen LogP contribution in [0.5, 0.6) is 0 Å². The van der Waals surface area contributed by atoms with Crippen LogP contribution in [0.1, 0.15) is 39.5 Å². The van der Waals surface area contributed by atoms with Crippen LogP contribution in [-0.2, 0) is 9.59 Å². The van der Waals surface area contributed by atoms with E-state index in [0.29, 0.717) is 13.1 Å². The van der Waals surface area contributed by atoms with E-state index in [-0.39, 0.29) is 23.7 Å². The van der Waals surface area contributed by atoms with Crippen LogP contribution in [0.15, 0.2) is 0 Å². The molecule has 1 fully saturated rings. The van der Waals surface area contributed by atoms with Crippen LogP contribution in [0.25, 0.3) is 0 Å². The van der Waals surface area contributed by atoms with Gasteiger partial charge in [0.1, 0.15) is 0 Å². The minimum absolute atomic E-state index is 0.0733. The molecule has 16 heavy (non-hydrogen) atoms. The summed E-state index contributed by atoms with van der Waals surface area (Å²) in [7, 11) is 0. The average molecular weight is 226 g/mol. The summed E-state index contributed by atoms with van der Waals surface area (Å²) >= 11 is 0. The Bertz CT molecular complexity index is 249. The number of carbonyl (C=O) groups excluding carboxylic acids is 2. The normalized spacial score (nSPS) is 16.6. The third-order valence-electron chi connectivity index (χ3n) is 2.84. The first-order valence-electron chi connectivity index (χ1n) is 6.20. The number of hydrogen-bond acceptors (Lipinski definition) is 2. The summed E-state index contributed by atoms with van der Waals surface area (Å²) in [4.78, 5) is 22.8. The molecule has 0 spiro atoms. The number of amides is 2. The van der Waals surface area contributed by atoms with Crippen molar-refractivity contribution in [1.29, 1.82) is 0 Å². The molecule has 0 radical (unpaired) electrons. The molecule has 1 aliphatic carbocycles. The van der Waals surface area contributed by atoms with Crippen LogP contribution in [0.3, 0.4) is 0 Å². The van der Waals surface area contributed by atoms with Gasteiger partial charge in [-0.2, -0.15) is 0 Å². The molecular weight excluding hydrogens is 204 g/mol. The molecule has 0 saturated heterocycles. The van der Waals surface area contributed by atoms with E-state index in [1.165, 1.54) is 0 Å². The highest BCUT2D eigenvalue weighted by Gasteiger charge is 2.28. The van der Waals surface area contributed by atoms with Gasteiger partial charge in [0.05, 0.1) is 0 Å². The zero-order valence-corrected chi connectivity index (χ0v) is 10.2. The number of hydrogen-bond donors (Lipinski definition) is 2. The van der Waals surface area contributed by atoms with Gasteiger partial charge in [-0.05, 0) is 19.3 Å². The van der Waals surface area contributed by atoms with Crippen molar-refractivity contribution < 1.29 is 9.59 Å². The second-order valence-electron chi connectivity index (χ2n) is 4.55. The van der Waals surface area contributed by atoms with Gasteiger partial charge in [-0.3, -0.25) is 9.59 Å². The summed E-state index contributed by atoms with van der Waals surface area (Å²) in [6, 6.07) is 0. The van der Waals surface area contributed by atoms with Gasteiger partial charge >= 0.3 is 0 Å². The Labute approximate surface area is 97.2 Å². The monoisotopic (exact) mass is 226 g/mol. The molecule has 0 aromatic carbocycles. The van der Waals surface area contributed by atoms with Crippen molar-refractivity contribution in [3.8, 4) is 0 Å². The predicted molar refractivity (Wildman–Crippen MR) is 62.8 cm³/mol. The van der Waals surface area contributed by atoms with E-state index in [2.05, 4.69) is 17.6 Å². The molecule has 1 atom stereocenters. The maximum Gasteiger partial charge on any atom is 0.223 e. The lowest BCUT2D eigenvalue weighted by molar-refractivity contribution is -0.125. The molecule has 2 N–H and O–H groups in total. The van der Waals surface area contributed by atoms with Gasteiger partial charge in [0.15, 0.2) is 0 Å². The predicted octanol–water partition coefficient (Wildman–Crippen LogP) is 1.06. The molecule has 1 rings (SSSR count). The average Bonchev–Trinajstić information content (AvgIpc) is 3.07. The Kier molecular flexibility index (Phi) is 5.29. The van der Waals surface area contributed by atoms with Crippen molar-refractivity contribution in [1.82, 2.24) is 10.6 Å². The Morgan fingerprint density at radius 2 is 1.88 bits per heavy atom. The molecule has 0 heterocycles. The smallest absolute Gasteiger partial charge is 0.223 e. The third kappa shape index (κ3) is 4.64. The van der Waals surface area contributed by atoms with Gasteiger partial charge in [0, 0.05) is 24.9 Å². The fourth-order valence-electron chi connectivity index (χ4n) is 1.60. The van der Waals surface area contributed by atoms with E-state index in [0.717, 1.165) is 25.7 Å². The molecule has 1 aliphatic rings. The molecule has 2 amide bonds. The maximum absolute atomic E-state index is 11.5. The minimum Gasteiger partial charge on any atom is -0.354 e. The Morgan fingerprint density at radius 3 is 2.44 bits per heavy atom. The summed E-state index contributed by atoms with van der Waals surface area (Å²) in [6.45, 7) is 5.08. The summed E-state index contributed by atoms with van der Waals surface area (Å²) < 4.78 is 0. The van der Waals surface area contributed by atoms with Crippen molar-refractivity contribution in [2.75, 3.05) is 13.1 Å². The van der Waals surface area contributed by atoms with Gasteiger partial charge in [0.25, 0.3) is 0 Å². The van der Waals surface area contributed by atoms with Crippen molar-refractivity contribution in [3.05, 3.63) is 0 Å². The fourth-order valence-corrected chi connectivity index (χ4v) is 1.60. The Hall–Kier alpha value is -1.06. The van der Waals surface area contributed by atoms with Gasteiger partial charge in [-0.15, -0.1) is 0 Å². The first kappa shape index (κ1) is 13.0. The van der Waals surface area contributed by atoms with Gasteiger partial charge in [-0.1, -0.05) is 20.3 Å². The molecule has 0 aromatic rings. The second kappa shape index (κ2) is 6.51. The lowest BCUT2D eigenvalue weighted by Crippen LogP contribution is -2.37. The largest absolute Gasteiger partial charge is 0.354 e. The molecule has 0 unspecified atom stereocenters.